The van der Waals surface area contributed by atoms with Crippen molar-refractivity contribution >= 4 is 27.8 Å². The molecule has 1 atom stereocenters. The van der Waals surface area contributed by atoms with Crippen molar-refractivity contribution in [3.05, 3.63) is 28.5 Å². The van der Waals surface area contributed by atoms with Crippen molar-refractivity contribution in [2.75, 3.05) is 0 Å². The maximum absolute atomic E-state index is 11.8. The summed E-state index contributed by atoms with van der Waals surface area (Å²) in [5.74, 6) is -1.46. The number of nitrogens with zero attached hydrogens (tertiary/aromatic N) is 1. The smallest absolute Gasteiger partial charge is 0.326 e. The first kappa shape index (κ1) is 13.6. The van der Waals surface area contributed by atoms with Gasteiger partial charge in [-0.2, -0.15) is 0 Å². The van der Waals surface area contributed by atoms with Crippen LogP contribution < -0.4 is 5.32 Å². The quantitative estimate of drug-likeness (QED) is 0.869. The third-order valence-electron chi connectivity index (χ3n) is 2.15. The molecular weight excluding hydrogens is 288 g/mol. The number of carboxylic acid groups (broad SMARTS) is 1. The van der Waals surface area contributed by atoms with Crippen molar-refractivity contribution in [2.45, 2.75) is 25.8 Å². The number of nitrogens with one attached hydrogen (secondary N) is 1. The molecule has 17 heavy (non-hydrogen) atoms. The maximum atomic E-state index is 11.8. The highest BCUT2D eigenvalue weighted by atomic mass is 79.9. The Morgan fingerprint density at radius 3 is 2.76 bits per heavy atom. The lowest BCUT2D eigenvalue weighted by atomic mass is 10.1. The molecule has 1 rings (SSSR count). The molecule has 5 nitrogen and oxygen atoms in total. The summed E-state index contributed by atoms with van der Waals surface area (Å²) >= 11 is 3.20. The largest absolute Gasteiger partial charge is 0.480 e. The molecule has 1 amide bonds. The summed E-state index contributed by atoms with van der Waals surface area (Å²) in [5.41, 5.74) is 0.335. The van der Waals surface area contributed by atoms with Crippen LogP contribution in [0, 0.1) is 0 Å². The summed E-state index contributed by atoms with van der Waals surface area (Å²) < 4.78 is 0.674. The predicted octanol–water partition coefficient (Wildman–Crippen LogP) is 1.83. The van der Waals surface area contributed by atoms with E-state index in [2.05, 4.69) is 26.2 Å². The van der Waals surface area contributed by atoms with Crippen molar-refractivity contribution in [3.63, 3.8) is 0 Å². The molecule has 0 bridgehead atoms. The van der Waals surface area contributed by atoms with Gasteiger partial charge in [-0.05, 0) is 28.4 Å². The minimum Gasteiger partial charge on any atom is -0.480 e. The second-order valence-corrected chi connectivity index (χ2v) is 4.46. The molecule has 0 aromatic carbocycles. The number of carbonyl (C=O) groups is 2. The highest BCUT2D eigenvalue weighted by Gasteiger charge is 2.19. The molecule has 0 fully saturated rings. The summed E-state index contributed by atoms with van der Waals surface area (Å²) in [6.07, 6.45) is 4.04. The minimum atomic E-state index is -1.02. The number of rotatable bonds is 5. The summed E-state index contributed by atoms with van der Waals surface area (Å²) in [5, 5.41) is 11.4. The zero-order chi connectivity index (χ0) is 12.8. The highest BCUT2D eigenvalue weighted by Crippen LogP contribution is 2.10. The fourth-order valence-electron chi connectivity index (χ4n) is 1.32. The maximum Gasteiger partial charge on any atom is 0.326 e. The van der Waals surface area contributed by atoms with Crippen molar-refractivity contribution in [1.82, 2.24) is 10.3 Å². The minimum absolute atomic E-state index is 0.335. The molecule has 1 heterocycles. The Kier molecular flexibility index (Phi) is 5.09. The Morgan fingerprint density at radius 1 is 1.53 bits per heavy atom. The van der Waals surface area contributed by atoms with Gasteiger partial charge in [0.1, 0.15) is 6.04 Å². The number of aliphatic carboxylic acids is 1. The topological polar surface area (TPSA) is 79.3 Å². The van der Waals surface area contributed by atoms with E-state index >= 15 is 0 Å². The van der Waals surface area contributed by atoms with Gasteiger partial charge in [-0.15, -0.1) is 0 Å². The Hall–Kier alpha value is -1.43. The summed E-state index contributed by atoms with van der Waals surface area (Å²) in [7, 11) is 0. The van der Waals surface area contributed by atoms with E-state index in [1.807, 2.05) is 6.92 Å². The van der Waals surface area contributed by atoms with Gasteiger partial charge in [0.2, 0.25) is 0 Å². The SMILES string of the molecule is CCCC(NC(=O)c1cncc(Br)c1)C(=O)O. The van der Waals surface area contributed by atoms with Crippen LogP contribution in [0.4, 0.5) is 0 Å². The van der Waals surface area contributed by atoms with Crippen molar-refractivity contribution in [1.29, 1.82) is 0 Å². The molecule has 2 N–H and O–H groups in total. The van der Waals surface area contributed by atoms with Gasteiger partial charge in [-0.25, -0.2) is 4.79 Å². The molecule has 6 heteroatoms. The number of amides is 1. The van der Waals surface area contributed by atoms with E-state index in [9.17, 15) is 9.59 Å². The zero-order valence-electron chi connectivity index (χ0n) is 9.31. The standard InChI is InChI=1S/C11H13BrN2O3/c1-2-3-9(11(16)17)14-10(15)7-4-8(12)6-13-5-7/h4-6,9H,2-3H2,1H3,(H,14,15)(H,16,17). The van der Waals surface area contributed by atoms with Gasteiger partial charge in [0.25, 0.3) is 5.91 Å². The zero-order valence-corrected chi connectivity index (χ0v) is 10.9. The van der Waals surface area contributed by atoms with E-state index in [1.165, 1.54) is 6.20 Å². The monoisotopic (exact) mass is 300 g/mol. The van der Waals surface area contributed by atoms with Gasteiger partial charge in [0.15, 0.2) is 0 Å². The van der Waals surface area contributed by atoms with Crippen LogP contribution >= 0.6 is 15.9 Å². The first-order valence-corrected chi connectivity index (χ1v) is 5.98. The van der Waals surface area contributed by atoms with Crippen LogP contribution in [0.2, 0.25) is 0 Å². The van der Waals surface area contributed by atoms with Gasteiger partial charge in [-0.1, -0.05) is 13.3 Å². The lowest BCUT2D eigenvalue weighted by molar-refractivity contribution is -0.139. The number of carboxylic acids is 1. The molecule has 0 radical (unpaired) electrons. The lowest BCUT2D eigenvalue weighted by Crippen LogP contribution is -2.40. The van der Waals surface area contributed by atoms with Crippen LogP contribution in [0.1, 0.15) is 30.1 Å². The molecule has 92 valence electrons. The van der Waals surface area contributed by atoms with Gasteiger partial charge in [0, 0.05) is 16.9 Å². The van der Waals surface area contributed by atoms with E-state index in [-0.39, 0.29) is 0 Å². The van der Waals surface area contributed by atoms with E-state index in [0.717, 1.165) is 0 Å². The Balaban J connectivity index is 2.73. The van der Waals surface area contributed by atoms with E-state index in [0.29, 0.717) is 22.9 Å². The van der Waals surface area contributed by atoms with Gasteiger partial charge in [-0.3, -0.25) is 9.78 Å². The first-order valence-electron chi connectivity index (χ1n) is 5.18. The summed E-state index contributed by atoms with van der Waals surface area (Å²) in [6.45, 7) is 1.86. The van der Waals surface area contributed by atoms with Crippen LogP contribution in [0.5, 0.6) is 0 Å². The Bertz CT molecular complexity index is 423. The molecule has 0 aliphatic heterocycles. The Morgan fingerprint density at radius 2 is 2.24 bits per heavy atom. The van der Waals surface area contributed by atoms with Crippen molar-refractivity contribution < 1.29 is 14.7 Å². The van der Waals surface area contributed by atoms with Crippen LogP contribution in [-0.2, 0) is 4.79 Å². The average molecular weight is 301 g/mol. The van der Waals surface area contributed by atoms with Crippen LogP contribution in [0.25, 0.3) is 0 Å². The van der Waals surface area contributed by atoms with Gasteiger partial charge >= 0.3 is 5.97 Å². The fraction of sp³-hybridized carbons (Fsp3) is 0.364. The number of pyridine rings is 1. The normalized spacial score (nSPS) is 11.9. The van der Waals surface area contributed by atoms with Gasteiger partial charge < -0.3 is 10.4 Å². The molecule has 0 aliphatic rings. The van der Waals surface area contributed by atoms with Crippen LogP contribution in [0.15, 0.2) is 22.9 Å². The van der Waals surface area contributed by atoms with E-state index in [4.69, 9.17) is 5.11 Å². The molecule has 1 aromatic rings. The number of hydrogen-bond donors (Lipinski definition) is 2. The number of carbonyl (C=O) groups excluding carboxylic acids is 1. The second-order valence-electron chi connectivity index (χ2n) is 3.54. The molecule has 0 saturated carbocycles. The summed E-state index contributed by atoms with van der Waals surface area (Å²) in [4.78, 5) is 26.5. The molecule has 0 aliphatic carbocycles. The number of halogens is 1. The molecule has 0 spiro atoms. The number of hydrogen-bond acceptors (Lipinski definition) is 3. The van der Waals surface area contributed by atoms with E-state index < -0.39 is 17.9 Å². The lowest BCUT2D eigenvalue weighted by Gasteiger charge is -2.13. The third kappa shape index (κ3) is 4.14. The third-order valence-corrected chi connectivity index (χ3v) is 2.58. The Labute approximate surface area is 107 Å². The summed E-state index contributed by atoms with van der Waals surface area (Å²) in [6, 6.07) is 0.735. The van der Waals surface area contributed by atoms with Crippen molar-refractivity contribution in [3.8, 4) is 0 Å². The molecule has 1 aromatic heterocycles. The predicted molar refractivity (Wildman–Crippen MR) is 65.7 cm³/mol. The molecule has 1 unspecified atom stereocenters. The number of aromatic nitrogens is 1. The second kappa shape index (κ2) is 6.34. The van der Waals surface area contributed by atoms with E-state index in [1.54, 1.807) is 12.3 Å². The molecular formula is C11H13BrN2O3. The molecule has 0 saturated heterocycles. The fourth-order valence-corrected chi connectivity index (χ4v) is 1.69. The highest BCUT2D eigenvalue weighted by molar-refractivity contribution is 9.10. The van der Waals surface area contributed by atoms with Gasteiger partial charge in [0.05, 0.1) is 5.56 Å². The average Bonchev–Trinajstić information content (AvgIpc) is 2.28. The first-order chi connectivity index (χ1) is 8.04. The van der Waals surface area contributed by atoms with Crippen LogP contribution in [-0.4, -0.2) is 28.0 Å². The van der Waals surface area contributed by atoms with Crippen LogP contribution in [0.3, 0.4) is 0 Å². The van der Waals surface area contributed by atoms with Crippen molar-refractivity contribution in [2.24, 2.45) is 0 Å².